The van der Waals surface area contributed by atoms with E-state index in [1.807, 2.05) is 0 Å². The maximum Gasteiger partial charge on any atom is 0.419 e. The SMILES string of the molecule is CC(C)(C)OC(=O)N[C@H](Cc1cn(C(=O)OC(C)(C)C)cn1)C(=O)ON1C(=O)CCC1=O. The van der Waals surface area contributed by atoms with Gasteiger partial charge < -0.3 is 19.6 Å². The second-order valence-electron chi connectivity index (χ2n) is 9.15. The summed E-state index contributed by atoms with van der Waals surface area (Å²) >= 11 is 0. The molecule has 1 aromatic rings. The number of imide groups is 1. The predicted molar refractivity (Wildman–Crippen MR) is 108 cm³/mol. The van der Waals surface area contributed by atoms with Crippen molar-refractivity contribution in [3.8, 4) is 0 Å². The van der Waals surface area contributed by atoms with Crippen LogP contribution in [0.15, 0.2) is 12.5 Å². The van der Waals surface area contributed by atoms with Gasteiger partial charge in [0.25, 0.3) is 11.8 Å². The third kappa shape index (κ3) is 7.36. The highest BCUT2D eigenvalue weighted by molar-refractivity contribution is 6.01. The van der Waals surface area contributed by atoms with E-state index in [2.05, 4.69) is 10.3 Å². The van der Waals surface area contributed by atoms with E-state index in [0.29, 0.717) is 5.06 Å². The lowest BCUT2D eigenvalue weighted by Gasteiger charge is -2.23. The molecule has 0 bridgehead atoms. The summed E-state index contributed by atoms with van der Waals surface area (Å²) in [6.45, 7) is 10.1. The molecule has 1 fully saturated rings. The Kier molecular flexibility index (Phi) is 7.27. The van der Waals surface area contributed by atoms with Crippen LogP contribution in [-0.4, -0.2) is 61.8 Å². The Balaban J connectivity index is 2.16. The standard InChI is InChI=1S/C20H28N4O8/c1-19(2,3)30-17(28)22-13(16(27)32-24-14(25)7-8-15(24)26)9-12-10-23(11-21-12)18(29)31-20(4,5)6/h10-11,13H,7-9H2,1-6H3,(H,22,28)/t13-/m1/s1. The van der Waals surface area contributed by atoms with Crippen LogP contribution in [0.1, 0.15) is 60.1 Å². The molecule has 3 amide bonds. The Morgan fingerprint density at radius 1 is 1.03 bits per heavy atom. The minimum atomic E-state index is -1.35. The molecule has 0 aliphatic carbocycles. The first-order chi connectivity index (χ1) is 14.6. The first kappa shape index (κ1) is 24.8. The first-order valence-electron chi connectivity index (χ1n) is 9.98. The quantitative estimate of drug-likeness (QED) is 0.660. The minimum Gasteiger partial charge on any atom is -0.444 e. The molecule has 1 saturated heterocycles. The number of imidazole rings is 1. The van der Waals surface area contributed by atoms with Gasteiger partial charge in [-0.25, -0.2) is 23.9 Å². The monoisotopic (exact) mass is 452 g/mol. The van der Waals surface area contributed by atoms with Crippen molar-refractivity contribution in [2.45, 2.75) is 78.0 Å². The molecule has 1 aliphatic heterocycles. The van der Waals surface area contributed by atoms with E-state index < -0.39 is 47.2 Å². The zero-order valence-electron chi connectivity index (χ0n) is 19.0. The number of ether oxygens (including phenoxy) is 2. The normalized spacial score (nSPS) is 15.4. The third-order valence-electron chi connectivity index (χ3n) is 3.82. The topological polar surface area (TPSA) is 146 Å². The zero-order chi connectivity index (χ0) is 24.3. The van der Waals surface area contributed by atoms with Gasteiger partial charge in [0.15, 0.2) is 0 Å². The number of nitrogens with one attached hydrogen (secondary N) is 1. The highest BCUT2D eigenvalue weighted by Crippen LogP contribution is 2.15. The van der Waals surface area contributed by atoms with Crippen LogP contribution in [0.2, 0.25) is 0 Å². The summed E-state index contributed by atoms with van der Waals surface area (Å²) in [5, 5.41) is 2.73. The predicted octanol–water partition coefficient (Wildman–Crippen LogP) is 1.71. The van der Waals surface area contributed by atoms with E-state index in [1.54, 1.807) is 41.5 Å². The summed E-state index contributed by atoms with van der Waals surface area (Å²) in [5.74, 6) is -2.38. The summed E-state index contributed by atoms with van der Waals surface area (Å²) in [4.78, 5) is 69.5. The lowest BCUT2D eigenvalue weighted by atomic mass is 10.1. The molecule has 1 N–H and O–H groups in total. The number of amides is 3. The van der Waals surface area contributed by atoms with Gasteiger partial charge in [-0.15, -0.1) is 5.06 Å². The van der Waals surface area contributed by atoms with Crippen molar-refractivity contribution >= 4 is 30.0 Å². The average molecular weight is 452 g/mol. The Labute approximate surface area is 185 Å². The average Bonchev–Trinajstić information content (AvgIpc) is 3.20. The minimum absolute atomic E-state index is 0.0728. The van der Waals surface area contributed by atoms with Crippen molar-refractivity contribution in [2.75, 3.05) is 0 Å². The fraction of sp³-hybridized carbons (Fsp3) is 0.600. The second-order valence-corrected chi connectivity index (χ2v) is 9.15. The molecule has 32 heavy (non-hydrogen) atoms. The smallest absolute Gasteiger partial charge is 0.419 e. The van der Waals surface area contributed by atoms with Gasteiger partial charge >= 0.3 is 18.2 Å². The van der Waals surface area contributed by atoms with Crippen molar-refractivity contribution in [1.29, 1.82) is 0 Å². The molecule has 1 atom stereocenters. The van der Waals surface area contributed by atoms with Crippen molar-refractivity contribution < 1.29 is 38.3 Å². The van der Waals surface area contributed by atoms with Crippen LogP contribution in [0, 0.1) is 0 Å². The number of carbonyl (C=O) groups is 5. The number of carbonyl (C=O) groups excluding carboxylic acids is 5. The van der Waals surface area contributed by atoms with Gasteiger partial charge in [0.05, 0.1) is 5.69 Å². The molecule has 12 nitrogen and oxygen atoms in total. The molecule has 0 radical (unpaired) electrons. The number of rotatable bonds is 5. The van der Waals surface area contributed by atoms with E-state index in [0.717, 1.165) is 4.57 Å². The Morgan fingerprint density at radius 2 is 1.59 bits per heavy atom. The number of hydrogen-bond donors (Lipinski definition) is 1. The Morgan fingerprint density at radius 3 is 2.12 bits per heavy atom. The molecule has 0 aromatic carbocycles. The Bertz CT molecular complexity index is 893. The van der Waals surface area contributed by atoms with Gasteiger partial charge in [0.2, 0.25) is 0 Å². The molecule has 12 heteroatoms. The van der Waals surface area contributed by atoms with Crippen molar-refractivity contribution in [3.05, 3.63) is 18.2 Å². The van der Waals surface area contributed by atoms with Crippen molar-refractivity contribution in [1.82, 2.24) is 19.9 Å². The summed E-state index contributed by atoms with van der Waals surface area (Å²) in [6.07, 6.45) is 0.593. The van der Waals surface area contributed by atoms with Crippen molar-refractivity contribution in [3.63, 3.8) is 0 Å². The van der Waals surface area contributed by atoms with Gasteiger partial charge in [0, 0.05) is 25.5 Å². The van der Waals surface area contributed by atoms with Gasteiger partial charge in [0.1, 0.15) is 23.6 Å². The first-order valence-corrected chi connectivity index (χ1v) is 9.98. The third-order valence-corrected chi connectivity index (χ3v) is 3.82. The van der Waals surface area contributed by atoms with E-state index in [4.69, 9.17) is 14.3 Å². The van der Waals surface area contributed by atoms with E-state index in [1.165, 1.54) is 12.5 Å². The van der Waals surface area contributed by atoms with E-state index in [-0.39, 0.29) is 25.0 Å². The molecule has 2 rings (SSSR count). The van der Waals surface area contributed by atoms with Crippen molar-refractivity contribution in [2.24, 2.45) is 0 Å². The van der Waals surface area contributed by atoms with Gasteiger partial charge in [-0.3, -0.25) is 9.59 Å². The van der Waals surface area contributed by atoms with Crippen LogP contribution in [-0.2, 0) is 35.1 Å². The number of hydrogen-bond acceptors (Lipinski definition) is 9. The lowest BCUT2D eigenvalue weighted by molar-refractivity contribution is -0.198. The molecule has 0 unspecified atom stereocenters. The van der Waals surface area contributed by atoms with Crippen LogP contribution >= 0.6 is 0 Å². The van der Waals surface area contributed by atoms with Crippen LogP contribution in [0.4, 0.5) is 9.59 Å². The van der Waals surface area contributed by atoms with E-state index in [9.17, 15) is 24.0 Å². The second kappa shape index (κ2) is 9.37. The summed E-state index contributed by atoms with van der Waals surface area (Å²) < 4.78 is 11.5. The lowest BCUT2D eigenvalue weighted by Crippen LogP contribution is -2.48. The van der Waals surface area contributed by atoms with Crippen LogP contribution in [0.25, 0.3) is 0 Å². The molecule has 0 spiro atoms. The summed E-state index contributed by atoms with van der Waals surface area (Å²) in [6, 6.07) is -1.35. The maximum absolute atomic E-state index is 12.7. The highest BCUT2D eigenvalue weighted by Gasteiger charge is 2.36. The van der Waals surface area contributed by atoms with Gasteiger partial charge in [-0.2, -0.15) is 0 Å². The molecular weight excluding hydrogens is 424 g/mol. The molecule has 1 aromatic heterocycles. The number of alkyl carbamates (subject to hydrolysis) is 1. The molecule has 0 saturated carbocycles. The van der Waals surface area contributed by atoms with Crippen LogP contribution in [0.3, 0.4) is 0 Å². The summed E-state index contributed by atoms with van der Waals surface area (Å²) in [5.41, 5.74) is -1.31. The number of aromatic nitrogens is 2. The fourth-order valence-corrected chi connectivity index (χ4v) is 2.55. The summed E-state index contributed by atoms with van der Waals surface area (Å²) in [7, 11) is 0. The highest BCUT2D eigenvalue weighted by atomic mass is 16.7. The number of hydroxylamine groups is 2. The Hall–Kier alpha value is -3.44. The van der Waals surface area contributed by atoms with Gasteiger partial charge in [-0.1, -0.05) is 0 Å². The maximum atomic E-state index is 12.7. The molecule has 176 valence electrons. The van der Waals surface area contributed by atoms with Crippen LogP contribution in [0.5, 0.6) is 0 Å². The zero-order valence-corrected chi connectivity index (χ0v) is 19.0. The van der Waals surface area contributed by atoms with E-state index >= 15 is 0 Å². The molecule has 1 aliphatic rings. The molecule has 2 heterocycles. The fourth-order valence-electron chi connectivity index (χ4n) is 2.55. The largest absolute Gasteiger partial charge is 0.444 e. The van der Waals surface area contributed by atoms with Gasteiger partial charge in [-0.05, 0) is 41.5 Å². The van der Waals surface area contributed by atoms with Crippen LogP contribution < -0.4 is 5.32 Å². The number of nitrogens with zero attached hydrogens (tertiary/aromatic N) is 3. The molecular formula is C20H28N4O8.